The monoisotopic (exact) mass is 238 g/mol. The van der Waals surface area contributed by atoms with Crippen LogP contribution < -0.4 is 11.5 Å². The molecule has 0 heterocycles. The lowest BCUT2D eigenvalue weighted by Gasteiger charge is -2.19. The van der Waals surface area contributed by atoms with E-state index in [9.17, 15) is 9.59 Å². The molecule has 4 N–H and O–H groups in total. The molecule has 1 unspecified atom stereocenters. The SMILES string of the molecule is CC(C)(C)OC(=O)CCC(N)C(N)=O.Cl. The molecule has 1 amide bonds. The summed E-state index contributed by atoms with van der Waals surface area (Å²) < 4.78 is 5.02. The molecule has 0 bridgehead atoms. The normalized spacial score (nSPS) is 12.5. The summed E-state index contributed by atoms with van der Waals surface area (Å²) in [5, 5.41) is 0. The van der Waals surface area contributed by atoms with Gasteiger partial charge in [-0.05, 0) is 27.2 Å². The van der Waals surface area contributed by atoms with Gasteiger partial charge in [-0.2, -0.15) is 0 Å². The third kappa shape index (κ3) is 9.49. The third-order valence-electron chi connectivity index (χ3n) is 1.44. The molecular formula is C9H19ClN2O3. The fourth-order valence-electron chi connectivity index (χ4n) is 0.808. The molecule has 0 aliphatic heterocycles. The predicted octanol–water partition coefficient (Wildman–Crippen LogP) is 0.343. The highest BCUT2D eigenvalue weighted by atomic mass is 35.5. The Balaban J connectivity index is 0. The maximum Gasteiger partial charge on any atom is 0.306 e. The quantitative estimate of drug-likeness (QED) is 0.691. The summed E-state index contributed by atoms with van der Waals surface area (Å²) in [5.41, 5.74) is 9.77. The van der Waals surface area contributed by atoms with Gasteiger partial charge in [-0.25, -0.2) is 0 Å². The molecule has 0 spiro atoms. The van der Waals surface area contributed by atoms with Crippen molar-refractivity contribution >= 4 is 24.3 Å². The fourth-order valence-corrected chi connectivity index (χ4v) is 0.808. The Morgan fingerprint density at radius 1 is 1.33 bits per heavy atom. The minimum Gasteiger partial charge on any atom is -0.460 e. The van der Waals surface area contributed by atoms with Gasteiger partial charge < -0.3 is 16.2 Å². The van der Waals surface area contributed by atoms with Crippen LogP contribution in [0.3, 0.4) is 0 Å². The zero-order chi connectivity index (χ0) is 11.4. The van der Waals surface area contributed by atoms with Crippen LogP contribution in [0.5, 0.6) is 0 Å². The van der Waals surface area contributed by atoms with Crippen LogP contribution in [-0.4, -0.2) is 23.5 Å². The summed E-state index contributed by atoms with van der Waals surface area (Å²) in [6, 6.07) is -0.775. The number of amides is 1. The van der Waals surface area contributed by atoms with Crippen LogP contribution in [-0.2, 0) is 14.3 Å². The molecule has 0 aliphatic rings. The first-order valence-electron chi connectivity index (χ1n) is 4.49. The Labute approximate surface area is 95.9 Å². The van der Waals surface area contributed by atoms with Crippen molar-refractivity contribution in [3.05, 3.63) is 0 Å². The highest BCUT2D eigenvalue weighted by Gasteiger charge is 2.18. The smallest absolute Gasteiger partial charge is 0.306 e. The molecule has 0 saturated heterocycles. The van der Waals surface area contributed by atoms with Crippen molar-refractivity contribution in [3.63, 3.8) is 0 Å². The number of hydrogen-bond donors (Lipinski definition) is 2. The van der Waals surface area contributed by atoms with Gasteiger partial charge in [-0.15, -0.1) is 12.4 Å². The standard InChI is InChI=1S/C9H18N2O3.ClH/c1-9(2,3)14-7(12)5-4-6(10)8(11)13;/h6H,4-5,10H2,1-3H3,(H2,11,13);1H. The maximum atomic E-state index is 11.2. The molecule has 0 aliphatic carbocycles. The van der Waals surface area contributed by atoms with Crippen LogP contribution in [0.1, 0.15) is 33.6 Å². The first-order chi connectivity index (χ1) is 6.22. The van der Waals surface area contributed by atoms with E-state index in [1.54, 1.807) is 20.8 Å². The molecule has 0 saturated carbocycles. The van der Waals surface area contributed by atoms with Gasteiger partial charge in [0.15, 0.2) is 0 Å². The van der Waals surface area contributed by atoms with Gasteiger partial charge in [-0.3, -0.25) is 9.59 Å². The molecule has 6 heteroatoms. The molecule has 5 nitrogen and oxygen atoms in total. The van der Waals surface area contributed by atoms with E-state index in [0.717, 1.165) is 0 Å². The number of hydrogen-bond acceptors (Lipinski definition) is 4. The predicted molar refractivity (Wildman–Crippen MR) is 59.5 cm³/mol. The van der Waals surface area contributed by atoms with E-state index in [0.29, 0.717) is 0 Å². The lowest BCUT2D eigenvalue weighted by Crippen LogP contribution is -2.37. The number of esters is 1. The number of carbonyl (C=O) groups is 2. The number of nitrogens with two attached hydrogens (primary N) is 2. The van der Waals surface area contributed by atoms with Gasteiger partial charge >= 0.3 is 5.97 Å². The van der Waals surface area contributed by atoms with Gasteiger partial charge in [0.05, 0.1) is 6.04 Å². The van der Waals surface area contributed by atoms with Crippen molar-refractivity contribution in [1.82, 2.24) is 0 Å². The molecule has 0 aromatic rings. The average Bonchev–Trinajstić information content (AvgIpc) is 1.96. The van der Waals surface area contributed by atoms with Gasteiger partial charge in [0.1, 0.15) is 5.60 Å². The van der Waals surface area contributed by atoms with Crippen molar-refractivity contribution < 1.29 is 14.3 Å². The molecule has 0 aromatic heterocycles. The van der Waals surface area contributed by atoms with E-state index in [2.05, 4.69) is 0 Å². The van der Waals surface area contributed by atoms with Crippen molar-refractivity contribution in [2.75, 3.05) is 0 Å². The van der Waals surface area contributed by atoms with E-state index in [-0.39, 0.29) is 31.2 Å². The highest BCUT2D eigenvalue weighted by Crippen LogP contribution is 2.09. The summed E-state index contributed by atoms with van der Waals surface area (Å²) in [6.45, 7) is 5.33. The fraction of sp³-hybridized carbons (Fsp3) is 0.778. The minimum absolute atomic E-state index is 0. The maximum absolute atomic E-state index is 11.2. The van der Waals surface area contributed by atoms with Crippen molar-refractivity contribution in [3.8, 4) is 0 Å². The zero-order valence-corrected chi connectivity index (χ0v) is 10.1. The molecule has 1 atom stereocenters. The Kier molecular flexibility index (Phi) is 7.35. The summed E-state index contributed by atoms with van der Waals surface area (Å²) in [5.74, 6) is -0.970. The molecule has 0 aromatic carbocycles. The number of ether oxygens (including phenoxy) is 1. The second-order valence-corrected chi connectivity index (χ2v) is 4.13. The zero-order valence-electron chi connectivity index (χ0n) is 9.28. The van der Waals surface area contributed by atoms with E-state index >= 15 is 0 Å². The van der Waals surface area contributed by atoms with Crippen LogP contribution in [0, 0.1) is 0 Å². The Morgan fingerprint density at radius 3 is 2.13 bits per heavy atom. The van der Waals surface area contributed by atoms with Crippen molar-refractivity contribution in [1.29, 1.82) is 0 Å². The number of rotatable bonds is 4. The van der Waals surface area contributed by atoms with Crippen LogP contribution in [0.2, 0.25) is 0 Å². The lowest BCUT2D eigenvalue weighted by atomic mass is 10.1. The number of primary amides is 1. The molecule has 90 valence electrons. The van der Waals surface area contributed by atoms with Gasteiger partial charge in [0, 0.05) is 6.42 Å². The Bertz CT molecular complexity index is 226. The first kappa shape index (κ1) is 16.6. The first-order valence-corrected chi connectivity index (χ1v) is 4.49. The minimum atomic E-state index is -0.775. The third-order valence-corrected chi connectivity index (χ3v) is 1.44. The average molecular weight is 239 g/mol. The Morgan fingerprint density at radius 2 is 1.80 bits per heavy atom. The second kappa shape index (κ2) is 6.63. The summed E-state index contributed by atoms with van der Waals surface area (Å²) >= 11 is 0. The van der Waals surface area contributed by atoms with Crippen molar-refractivity contribution in [2.24, 2.45) is 11.5 Å². The van der Waals surface area contributed by atoms with Crippen LogP contribution in [0.4, 0.5) is 0 Å². The molecule has 0 fully saturated rings. The number of carbonyl (C=O) groups excluding carboxylic acids is 2. The molecular weight excluding hydrogens is 220 g/mol. The summed E-state index contributed by atoms with van der Waals surface area (Å²) in [4.78, 5) is 21.7. The van der Waals surface area contributed by atoms with Crippen LogP contribution in [0.25, 0.3) is 0 Å². The van der Waals surface area contributed by atoms with E-state index < -0.39 is 17.6 Å². The Hall–Kier alpha value is -0.810. The van der Waals surface area contributed by atoms with Crippen LogP contribution in [0.15, 0.2) is 0 Å². The largest absolute Gasteiger partial charge is 0.460 e. The highest BCUT2D eigenvalue weighted by molar-refractivity contribution is 5.85. The molecule has 0 radical (unpaired) electrons. The number of halogens is 1. The second-order valence-electron chi connectivity index (χ2n) is 4.13. The van der Waals surface area contributed by atoms with Gasteiger partial charge in [0.2, 0.25) is 5.91 Å². The van der Waals surface area contributed by atoms with Gasteiger partial charge in [-0.1, -0.05) is 0 Å². The summed E-state index contributed by atoms with van der Waals surface area (Å²) in [6.07, 6.45) is 0.339. The van der Waals surface area contributed by atoms with E-state index in [1.165, 1.54) is 0 Å². The van der Waals surface area contributed by atoms with Crippen LogP contribution >= 0.6 is 12.4 Å². The topological polar surface area (TPSA) is 95.4 Å². The van der Waals surface area contributed by atoms with Crippen molar-refractivity contribution in [2.45, 2.75) is 45.3 Å². The molecule has 0 rings (SSSR count). The van der Waals surface area contributed by atoms with E-state index in [1.807, 2.05) is 0 Å². The lowest BCUT2D eigenvalue weighted by molar-refractivity contribution is -0.155. The van der Waals surface area contributed by atoms with E-state index in [4.69, 9.17) is 16.2 Å². The van der Waals surface area contributed by atoms with Gasteiger partial charge in [0.25, 0.3) is 0 Å². The summed E-state index contributed by atoms with van der Waals surface area (Å²) in [7, 11) is 0. The molecule has 15 heavy (non-hydrogen) atoms.